The molecule has 0 bridgehead atoms. The van der Waals surface area contributed by atoms with Gasteiger partial charge in [0.05, 0.1) is 21.2 Å². The number of fused-ring (bicyclic) bond motifs is 2. The van der Waals surface area contributed by atoms with E-state index in [4.69, 9.17) is 9.72 Å². The Bertz CT molecular complexity index is 1660. The number of nitrogens with zero attached hydrogens (tertiary/aromatic N) is 3. The average Bonchev–Trinajstić information content (AvgIpc) is 3.50. The number of carbonyl (C=O) groups excluding carboxylic acids is 1. The summed E-state index contributed by atoms with van der Waals surface area (Å²) in [6.07, 6.45) is 2.68. The van der Waals surface area contributed by atoms with Gasteiger partial charge in [0.25, 0.3) is 11.5 Å². The highest BCUT2D eigenvalue weighted by molar-refractivity contribution is 9.10. The van der Waals surface area contributed by atoms with Gasteiger partial charge in [-0.3, -0.25) is 9.59 Å². The number of aliphatic hydroxyl groups excluding tert-OH is 1. The second kappa shape index (κ2) is 11.3. The Morgan fingerprint density at radius 2 is 2.00 bits per heavy atom. The molecule has 11 heteroatoms. The van der Waals surface area contributed by atoms with E-state index < -0.39 is 6.10 Å². The van der Waals surface area contributed by atoms with Crippen molar-refractivity contribution in [1.29, 1.82) is 0 Å². The van der Waals surface area contributed by atoms with E-state index in [1.54, 1.807) is 12.3 Å². The van der Waals surface area contributed by atoms with Crippen LogP contribution in [0.5, 0.6) is 5.75 Å². The molecule has 1 saturated heterocycles. The SMILES string of the molecule is Cc1ccc(OC[C@H](O)CNc2cc[nH]c(=O)c2-c2nc3cc4c(cc3[nH]2)CN(C2CCN(C)CC2)C4=O)c(Br)c1. The number of H-pyrrole nitrogens is 2. The fourth-order valence-corrected chi connectivity index (χ4v) is 6.23. The lowest BCUT2D eigenvalue weighted by Crippen LogP contribution is -2.43. The standard InChI is InChI=1S/C30H33BrN6O4/c1-17-3-4-26(22(31)11-17)41-16-20(38)14-33-23-5-8-32-29(39)27(23)28-34-24-12-18-15-37(19-6-9-36(2)10-7-19)30(40)21(18)13-25(24)35-28/h3-5,8,11-13,19-20,38H,6-7,9-10,14-16H2,1-2H3,(H,34,35)(H2,32,33,39)/t20-/m1/s1. The van der Waals surface area contributed by atoms with Gasteiger partial charge in [0.15, 0.2) is 0 Å². The molecule has 2 aliphatic rings. The number of ether oxygens (including phenoxy) is 1. The number of amides is 1. The number of benzene rings is 2. The average molecular weight is 622 g/mol. The van der Waals surface area contributed by atoms with Crippen LogP contribution >= 0.6 is 15.9 Å². The molecule has 214 valence electrons. The van der Waals surface area contributed by atoms with Crippen LogP contribution in [-0.4, -0.2) is 81.2 Å². The van der Waals surface area contributed by atoms with Crippen molar-refractivity contribution in [2.45, 2.75) is 38.5 Å². The summed E-state index contributed by atoms with van der Waals surface area (Å²) in [6.45, 7) is 4.80. The normalized spacial score (nSPS) is 16.8. The van der Waals surface area contributed by atoms with E-state index in [1.807, 2.05) is 42.2 Å². The number of pyridine rings is 1. The molecule has 1 atom stereocenters. The number of hydrogen-bond donors (Lipinski definition) is 4. The van der Waals surface area contributed by atoms with Gasteiger partial charge in [0.1, 0.15) is 29.8 Å². The monoisotopic (exact) mass is 620 g/mol. The molecule has 4 N–H and O–H groups in total. The Balaban J connectivity index is 1.18. The summed E-state index contributed by atoms with van der Waals surface area (Å²) in [4.78, 5) is 41.2. The van der Waals surface area contributed by atoms with Crippen molar-refractivity contribution in [3.05, 3.63) is 74.1 Å². The Hall–Kier alpha value is -3.67. The first kappa shape index (κ1) is 27.5. The van der Waals surface area contributed by atoms with Crippen LogP contribution in [0.4, 0.5) is 5.69 Å². The third-order valence-corrected chi connectivity index (χ3v) is 8.53. The molecule has 2 aromatic heterocycles. The van der Waals surface area contributed by atoms with Crippen LogP contribution in [0.15, 0.2) is 51.9 Å². The molecule has 4 heterocycles. The van der Waals surface area contributed by atoms with E-state index in [0.29, 0.717) is 40.4 Å². The maximum Gasteiger partial charge on any atom is 0.261 e. The van der Waals surface area contributed by atoms with E-state index >= 15 is 0 Å². The van der Waals surface area contributed by atoms with Gasteiger partial charge in [0, 0.05) is 30.9 Å². The Morgan fingerprint density at radius 1 is 1.20 bits per heavy atom. The first-order valence-corrected chi connectivity index (χ1v) is 14.6. The number of piperidine rings is 1. The molecule has 0 unspecified atom stereocenters. The zero-order valence-corrected chi connectivity index (χ0v) is 24.6. The molecule has 6 rings (SSSR count). The zero-order chi connectivity index (χ0) is 28.7. The van der Waals surface area contributed by atoms with Crippen LogP contribution in [0, 0.1) is 6.92 Å². The number of nitrogens with one attached hydrogen (secondary N) is 3. The number of likely N-dealkylation sites (tertiary alicyclic amines) is 1. The molecular formula is C30H33BrN6O4. The van der Waals surface area contributed by atoms with Crippen LogP contribution in [0.25, 0.3) is 22.4 Å². The van der Waals surface area contributed by atoms with Crippen molar-refractivity contribution in [2.24, 2.45) is 0 Å². The highest BCUT2D eigenvalue weighted by Gasteiger charge is 2.34. The molecule has 0 saturated carbocycles. The van der Waals surface area contributed by atoms with Gasteiger partial charge < -0.3 is 34.9 Å². The molecule has 41 heavy (non-hydrogen) atoms. The predicted octanol–water partition coefficient (Wildman–Crippen LogP) is 3.89. The zero-order valence-electron chi connectivity index (χ0n) is 23.0. The number of rotatable bonds is 8. The summed E-state index contributed by atoms with van der Waals surface area (Å²) < 4.78 is 6.58. The number of aliphatic hydroxyl groups is 1. The number of aryl methyl sites for hydroxylation is 1. The lowest BCUT2D eigenvalue weighted by atomic mass is 10.0. The highest BCUT2D eigenvalue weighted by Crippen LogP contribution is 2.33. The minimum absolute atomic E-state index is 0.0507. The first-order chi connectivity index (χ1) is 19.8. The summed E-state index contributed by atoms with van der Waals surface area (Å²) in [5.41, 5.74) is 4.69. The van der Waals surface area contributed by atoms with Crippen molar-refractivity contribution in [2.75, 3.05) is 38.6 Å². The number of halogens is 1. The Labute approximate surface area is 245 Å². The third kappa shape index (κ3) is 5.61. The fraction of sp³-hybridized carbons (Fsp3) is 0.367. The topological polar surface area (TPSA) is 127 Å². The number of anilines is 1. The fourth-order valence-electron chi connectivity index (χ4n) is 5.62. The molecule has 2 aromatic carbocycles. The number of hydrogen-bond acceptors (Lipinski definition) is 7. The van der Waals surface area contributed by atoms with Gasteiger partial charge in [-0.15, -0.1) is 0 Å². The van der Waals surface area contributed by atoms with Gasteiger partial charge in [-0.1, -0.05) is 6.07 Å². The summed E-state index contributed by atoms with van der Waals surface area (Å²) >= 11 is 3.48. The molecule has 10 nitrogen and oxygen atoms in total. The van der Waals surface area contributed by atoms with Gasteiger partial charge in [0.2, 0.25) is 0 Å². The molecule has 2 aliphatic heterocycles. The van der Waals surface area contributed by atoms with Gasteiger partial charge in [-0.25, -0.2) is 4.98 Å². The van der Waals surface area contributed by atoms with Crippen LogP contribution in [-0.2, 0) is 6.54 Å². The Kier molecular flexibility index (Phi) is 7.58. The smallest absolute Gasteiger partial charge is 0.261 e. The van der Waals surface area contributed by atoms with Gasteiger partial charge >= 0.3 is 0 Å². The van der Waals surface area contributed by atoms with Crippen molar-refractivity contribution in [3.63, 3.8) is 0 Å². The minimum Gasteiger partial charge on any atom is -0.490 e. The predicted molar refractivity (Wildman–Crippen MR) is 161 cm³/mol. The van der Waals surface area contributed by atoms with Crippen LogP contribution < -0.4 is 15.6 Å². The quantitative estimate of drug-likeness (QED) is 0.235. The summed E-state index contributed by atoms with van der Waals surface area (Å²) in [5, 5.41) is 13.7. The number of aromatic nitrogens is 3. The van der Waals surface area contributed by atoms with Crippen molar-refractivity contribution in [3.8, 4) is 17.1 Å². The maximum atomic E-state index is 13.3. The third-order valence-electron chi connectivity index (χ3n) is 7.91. The Morgan fingerprint density at radius 3 is 2.78 bits per heavy atom. The summed E-state index contributed by atoms with van der Waals surface area (Å²) in [5.74, 6) is 1.09. The van der Waals surface area contributed by atoms with Crippen LogP contribution in [0.1, 0.15) is 34.3 Å². The summed E-state index contributed by atoms with van der Waals surface area (Å²) in [7, 11) is 2.11. The van der Waals surface area contributed by atoms with E-state index in [9.17, 15) is 14.7 Å². The number of imidazole rings is 1. The minimum atomic E-state index is -0.826. The maximum absolute atomic E-state index is 13.3. The van der Waals surface area contributed by atoms with Gasteiger partial charge in [-0.2, -0.15) is 0 Å². The molecule has 0 radical (unpaired) electrons. The second-order valence-electron chi connectivity index (χ2n) is 11.0. The molecule has 1 amide bonds. The first-order valence-electron chi connectivity index (χ1n) is 13.8. The highest BCUT2D eigenvalue weighted by atomic mass is 79.9. The van der Waals surface area contributed by atoms with E-state index in [1.165, 1.54) is 0 Å². The van der Waals surface area contributed by atoms with E-state index in [-0.39, 0.29) is 30.7 Å². The molecule has 0 aliphatic carbocycles. The summed E-state index contributed by atoms with van der Waals surface area (Å²) in [6, 6.07) is 11.5. The largest absolute Gasteiger partial charge is 0.490 e. The lowest BCUT2D eigenvalue weighted by molar-refractivity contribution is 0.0617. The van der Waals surface area contributed by atoms with Gasteiger partial charge in [-0.05, 0) is 97.3 Å². The van der Waals surface area contributed by atoms with Crippen molar-refractivity contribution >= 4 is 38.6 Å². The van der Waals surface area contributed by atoms with Crippen molar-refractivity contribution in [1.82, 2.24) is 24.8 Å². The van der Waals surface area contributed by atoms with E-state index in [2.05, 4.69) is 43.2 Å². The molecule has 1 fully saturated rings. The van der Waals surface area contributed by atoms with E-state index in [0.717, 1.165) is 47.0 Å². The lowest BCUT2D eigenvalue weighted by Gasteiger charge is -2.34. The van der Waals surface area contributed by atoms with Crippen LogP contribution in [0.2, 0.25) is 0 Å². The number of carbonyl (C=O) groups is 1. The molecular weight excluding hydrogens is 588 g/mol. The molecule has 0 spiro atoms. The van der Waals surface area contributed by atoms with Crippen LogP contribution in [0.3, 0.4) is 0 Å². The molecule has 4 aromatic rings. The van der Waals surface area contributed by atoms with Crippen molar-refractivity contribution < 1.29 is 14.6 Å². The second-order valence-corrected chi connectivity index (χ2v) is 11.8. The number of aromatic amines is 2.